The highest BCUT2D eigenvalue weighted by molar-refractivity contribution is 8.18. The van der Waals surface area contributed by atoms with Crippen LogP contribution in [-0.2, 0) is 9.53 Å². The van der Waals surface area contributed by atoms with Crippen LogP contribution < -0.4 is 20.3 Å². The Kier molecular flexibility index (Phi) is 7.05. The summed E-state index contributed by atoms with van der Waals surface area (Å²) >= 11 is 0.834. The fraction of sp³-hybridized carbons (Fsp3) is 0.375. The number of carbonyl (C=O) groups is 3. The molecule has 5 rings (SSSR count). The molecule has 3 saturated heterocycles. The first-order valence-electron chi connectivity index (χ1n) is 11.6. The summed E-state index contributed by atoms with van der Waals surface area (Å²) in [5.41, 5.74) is 1.25. The number of thioether (sulfide) groups is 1. The van der Waals surface area contributed by atoms with E-state index in [1.54, 1.807) is 19.3 Å². The van der Waals surface area contributed by atoms with Gasteiger partial charge in [-0.3, -0.25) is 14.9 Å². The van der Waals surface area contributed by atoms with Crippen LogP contribution >= 0.6 is 11.8 Å². The molecular weight excluding hydrogens is 484 g/mol. The lowest BCUT2D eigenvalue weighted by atomic mass is 10.0. The number of nitrogens with zero attached hydrogens (tertiary/aromatic N) is 4. The smallest absolute Gasteiger partial charge is 0.321 e. The van der Waals surface area contributed by atoms with E-state index < -0.39 is 11.1 Å². The summed E-state index contributed by atoms with van der Waals surface area (Å²) in [6, 6.07) is 11.0. The van der Waals surface area contributed by atoms with E-state index in [0.717, 1.165) is 17.4 Å². The van der Waals surface area contributed by atoms with Crippen LogP contribution in [0.3, 0.4) is 0 Å². The number of methoxy groups -OCH3 is 1. The third-order valence-corrected chi connectivity index (χ3v) is 7.06. The van der Waals surface area contributed by atoms with Gasteiger partial charge in [-0.15, -0.1) is 0 Å². The van der Waals surface area contributed by atoms with Crippen molar-refractivity contribution in [3.8, 4) is 5.88 Å². The average Bonchev–Trinajstić information content (AvgIpc) is 3.53. The van der Waals surface area contributed by atoms with Crippen molar-refractivity contribution < 1.29 is 23.9 Å². The summed E-state index contributed by atoms with van der Waals surface area (Å²) in [6.07, 6.45) is 1.56. The van der Waals surface area contributed by atoms with E-state index in [-0.39, 0.29) is 10.9 Å². The van der Waals surface area contributed by atoms with E-state index in [4.69, 9.17) is 9.47 Å². The minimum atomic E-state index is -0.448. The number of benzene rings is 1. The molecule has 1 aromatic heterocycles. The highest BCUT2D eigenvalue weighted by atomic mass is 32.2. The van der Waals surface area contributed by atoms with Crippen molar-refractivity contribution in [3.05, 3.63) is 47.0 Å². The molecule has 2 unspecified atom stereocenters. The Balaban J connectivity index is 1.28. The maximum Gasteiger partial charge on any atom is 0.321 e. The van der Waals surface area contributed by atoms with Crippen molar-refractivity contribution in [3.63, 3.8) is 0 Å². The minimum Gasteiger partial charge on any atom is -0.475 e. The molecule has 0 aliphatic carbocycles. The molecule has 1 aromatic carbocycles. The van der Waals surface area contributed by atoms with Gasteiger partial charge in [0, 0.05) is 56.9 Å². The fourth-order valence-electron chi connectivity index (χ4n) is 4.55. The number of urea groups is 1. The Bertz CT molecular complexity index is 1180. The molecule has 4 heterocycles. The van der Waals surface area contributed by atoms with Gasteiger partial charge in [0.1, 0.15) is 6.61 Å². The molecule has 12 heteroatoms. The zero-order valence-corrected chi connectivity index (χ0v) is 20.5. The van der Waals surface area contributed by atoms with Gasteiger partial charge >= 0.3 is 6.03 Å². The molecule has 0 saturated carbocycles. The highest BCUT2D eigenvalue weighted by Crippen LogP contribution is 2.34. The molecule has 0 radical (unpaired) electrons. The number of anilines is 2. The van der Waals surface area contributed by atoms with E-state index in [1.807, 2.05) is 35.2 Å². The molecule has 2 aromatic rings. The average molecular weight is 511 g/mol. The van der Waals surface area contributed by atoms with Crippen molar-refractivity contribution in [1.29, 1.82) is 0 Å². The van der Waals surface area contributed by atoms with Gasteiger partial charge in [-0.2, -0.15) is 4.98 Å². The second-order valence-electron chi connectivity index (χ2n) is 8.75. The molecular formula is C24H26N6O5S. The second kappa shape index (κ2) is 10.5. The van der Waals surface area contributed by atoms with Crippen LogP contribution in [0.1, 0.15) is 5.69 Å². The first-order valence-corrected chi connectivity index (χ1v) is 12.4. The van der Waals surface area contributed by atoms with Crippen LogP contribution in [0.2, 0.25) is 0 Å². The van der Waals surface area contributed by atoms with Gasteiger partial charge in [-0.25, -0.2) is 9.78 Å². The first kappa shape index (κ1) is 24.1. The first-order chi connectivity index (χ1) is 17.5. The van der Waals surface area contributed by atoms with Crippen LogP contribution in [0.25, 0.3) is 6.08 Å². The van der Waals surface area contributed by atoms with E-state index >= 15 is 0 Å². The molecule has 11 nitrogen and oxygen atoms in total. The Hall–Kier alpha value is -3.64. The quantitative estimate of drug-likeness (QED) is 0.427. The Morgan fingerprint density at radius 1 is 1.14 bits per heavy atom. The zero-order chi connectivity index (χ0) is 25.1. The number of imide groups is 1. The number of rotatable bonds is 7. The number of para-hydroxylation sites is 1. The SMILES string of the molecule is COCCOc1cc(/C=C2\SC(=O)NC2=O)nc(N2CC3CN(C(=O)Nc4ccccc4)CC3C2)n1. The lowest BCUT2D eigenvalue weighted by molar-refractivity contribution is -0.115. The lowest BCUT2D eigenvalue weighted by Gasteiger charge is -2.22. The molecule has 4 amide bonds. The summed E-state index contributed by atoms with van der Waals surface area (Å²) < 4.78 is 10.8. The van der Waals surface area contributed by atoms with Crippen LogP contribution in [0.15, 0.2) is 41.3 Å². The predicted octanol–water partition coefficient (Wildman–Crippen LogP) is 2.43. The molecule has 2 atom stereocenters. The lowest BCUT2D eigenvalue weighted by Crippen LogP contribution is -2.36. The predicted molar refractivity (Wildman–Crippen MR) is 135 cm³/mol. The molecule has 2 N–H and O–H groups in total. The molecule has 3 aliphatic rings. The number of hydrogen-bond donors (Lipinski definition) is 2. The number of fused-ring (bicyclic) bond motifs is 1. The molecule has 36 heavy (non-hydrogen) atoms. The van der Waals surface area contributed by atoms with Crippen molar-refractivity contribution in [2.45, 2.75) is 0 Å². The summed E-state index contributed by atoms with van der Waals surface area (Å²) in [7, 11) is 1.59. The summed E-state index contributed by atoms with van der Waals surface area (Å²) in [5, 5.41) is 4.79. The van der Waals surface area contributed by atoms with E-state index in [9.17, 15) is 14.4 Å². The maximum atomic E-state index is 12.7. The zero-order valence-electron chi connectivity index (χ0n) is 19.7. The molecule has 3 aliphatic heterocycles. The number of aromatic nitrogens is 2. The van der Waals surface area contributed by atoms with Crippen LogP contribution in [-0.4, -0.2) is 78.5 Å². The number of ether oxygens (including phenoxy) is 2. The van der Waals surface area contributed by atoms with Crippen molar-refractivity contribution >= 4 is 46.7 Å². The van der Waals surface area contributed by atoms with Crippen molar-refractivity contribution in [2.75, 3.05) is 56.7 Å². The minimum absolute atomic E-state index is 0.0947. The van der Waals surface area contributed by atoms with Crippen molar-refractivity contribution in [2.24, 2.45) is 11.8 Å². The summed E-state index contributed by atoms with van der Waals surface area (Å²) in [4.78, 5) is 49.7. The molecule has 3 fully saturated rings. The highest BCUT2D eigenvalue weighted by Gasteiger charge is 2.42. The number of amides is 4. The topological polar surface area (TPSA) is 126 Å². The standard InChI is InChI=1S/C24H26N6O5S/c1-34-7-8-35-20-10-18(9-19-21(31)28-24(33)36-19)25-22(27-20)29-11-15-13-30(14-16(15)12-29)23(32)26-17-5-3-2-4-6-17/h2-6,9-10,15-16H,7-8,11-14H2,1H3,(H,26,32)(H,28,31,33)/b19-9-. The Morgan fingerprint density at radius 2 is 1.89 bits per heavy atom. The maximum absolute atomic E-state index is 12.7. The van der Waals surface area contributed by atoms with E-state index in [1.165, 1.54) is 0 Å². The number of hydrogen-bond acceptors (Lipinski definition) is 9. The van der Waals surface area contributed by atoms with Crippen molar-refractivity contribution in [1.82, 2.24) is 20.2 Å². The third-order valence-electron chi connectivity index (χ3n) is 6.25. The molecule has 0 bridgehead atoms. The number of nitrogens with one attached hydrogen (secondary N) is 2. The van der Waals surface area contributed by atoms with Gasteiger partial charge in [-0.05, 0) is 30.0 Å². The summed E-state index contributed by atoms with van der Waals surface area (Å²) in [5.74, 6) is 0.991. The van der Waals surface area contributed by atoms with Crippen LogP contribution in [0.4, 0.5) is 21.2 Å². The summed E-state index contributed by atoms with van der Waals surface area (Å²) in [6.45, 7) is 3.42. The molecule has 0 spiro atoms. The van der Waals surface area contributed by atoms with E-state index in [2.05, 4.69) is 25.5 Å². The van der Waals surface area contributed by atoms with Gasteiger partial charge in [0.15, 0.2) is 0 Å². The van der Waals surface area contributed by atoms with Gasteiger partial charge < -0.3 is 24.6 Å². The van der Waals surface area contributed by atoms with E-state index in [0.29, 0.717) is 68.8 Å². The second-order valence-corrected chi connectivity index (χ2v) is 9.77. The Labute approximate surface area is 212 Å². The normalized spacial score (nSPS) is 22.2. The van der Waals surface area contributed by atoms with Gasteiger partial charge in [0.2, 0.25) is 11.8 Å². The number of likely N-dealkylation sites (tertiary alicyclic amines) is 1. The monoisotopic (exact) mass is 510 g/mol. The van der Waals surface area contributed by atoms with Crippen LogP contribution in [0.5, 0.6) is 5.88 Å². The van der Waals surface area contributed by atoms with Gasteiger partial charge in [-0.1, -0.05) is 18.2 Å². The fourth-order valence-corrected chi connectivity index (χ4v) is 5.22. The molecule has 188 valence electrons. The largest absolute Gasteiger partial charge is 0.475 e. The van der Waals surface area contributed by atoms with Gasteiger partial charge in [0.25, 0.3) is 11.1 Å². The number of carbonyl (C=O) groups excluding carboxylic acids is 3. The van der Waals surface area contributed by atoms with Crippen LogP contribution in [0, 0.1) is 11.8 Å². The van der Waals surface area contributed by atoms with Gasteiger partial charge in [0.05, 0.1) is 17.2 Å². The Morgan fingerprint density at radius 3 is 2.56 bits per heavy atom. The third kappa shape index (κ3) is 5.44.